The lowest BCUT2D eigenvalue weighted by Gasteiger charge is -2.12. The summed E-state index contributed by atoms with van der Waals surface area (Å²) in [6.07, 6.45) is 3.69. The Morgan fingerprint density at radius 2 is 0.958 bits per heavy atom. The van der Waals surface area contributed by atoms with Crippen molar-refractivity contribution in [3.63, 3.8) is 0 Å². The van der Waals surface area contributed by atoms with Crippen LogP contribution < -0.4 is 0 Å². The van der Waals surface area contributed by atoms with Crippen molar-refractivity contribution in [2.45, 2.75) is 0 Å². The first-order chi connectivity index (χ1) is 11.9. The van der Waals surface area contributed by atoms with Crippen LogP contribution in [0.25, 0.3) is 21.5 Å². The Morgan fingerprint density at radius 1 is 0.625 bits per heavy atom. The molecule has 2 N–H and O–H groups in total. The number of hydrogen-bond donors (Lipinski definition) is 2. The van der Waals surface area contributed by atoms with E-state index in [1.807, 2.05) is 36.7 Å². The van der Waals surface area contributed by atoms with Gasteiger partial charge in [-0.15, -0.1) is 0 Å². The molecule has 0 aromatic heterocycles. The van der Waals surface area contributed by atoms with Gasteiger partial charge in [-0.3, -0.25) is 9.98 Å². The van der Waals surface area contributed by atoms with Crippen LogP contribution >= 0.6 is 0 Å². The summed E-state index contributed by atoms with van der Waals surface area (Å²) in [7, 11) is 0. The molecule has 0 fully saturated rings. The lowest BCUT2D eigenvalue weighted by Crippen LogP contribution is -1.97. The molecule has 24 heavy (non-hydrogen) atoms. The molecule has 0 aliphatic carbocycles. The maximum Gasteiger partial charge on any atom is 0.0626 e. The van der Waals surface area contributed by atoms with Gasteiger partial charge in [0, 0.05) is 23.6 Å². The number of aliphatic hydroxyl groups excluding tert-OH is 2. The largest absolute Gasteiger partial charge is 0.394 e. The summed E-state index contributed by atoms with van der Waals surface area (Å²) >= 11 is 0. The maximum atomic E-state index is 8.98. The Hall–Kier alpha value is -2.56. The van der Waals surface area contributed by atoms with E-state index >= 15 is 0 Å². The molecule has 0 bridgehead atoms. The fraction of sp³-hybridized carbons (Fsp3) is 0.200. The lowest BCUT2D eigenvalue weighted by atomic mass is 9.92. The molecular weight excluding hydrogens is 300 g/mol. The standard InChI is InChI=1S/C20H20N2O2/c23-11-9-21-13-19-15-5-1-2-6-16(15)20(14-22-10-12-24)18-8-4-3-7-17(18)19/h1-8,13-14,23-24H,9-12H2/b21-13+,22-14+. The summed E-state index contributed by atoms with van der Waals surface area (Å²) in [6.45, 7) is 0.862. The van der Waals surface area contributed by atoms with Gasteiger partial charge in [0.2, 0.25) is 0 Å². The fourth-order valence-corrected chi connectivity index (χ4v) is 2.90. The summed E-state index contributed by atoms with van der Waals surface area (Å²) < 4.78 is 0. The molecule has 4 nitrogen and oxygen atoms in total. The maximum absolute atomic E-state index is 8.98. The van der Waals surface area contributed by atoms with Crippen LogP contribution in [-0.2, 0) is 0 Å². The molecule has 4 heteroatoms. The second-order valence-corrected chi connectivity index (χ2v) is 5.44. The smallest absolute Gasteiger partial charge is 0.0626 e. The molecule has 0 spiro atoms. The first-order valence-electron chi connectivity index (χ1n) is 8.01. The van der Waals surface area contributed by atoms with E-state index < -0.39 is 0 Å². The van der Waals surface area contributed by atoms with Gasteiger partial charge in [0.1, 0.15) is 0 Å². The van der Waals surface area contributed by atoms with Gasteiger partial charge >= 0.3 is 0 Å². The van der Waals surface area contributed by atoms with Crippen LogP contribution in [0.3, 0.4) is 0 Å². The molecule has 3 rings (SSSR count). The molecule has 122 valence electrons. The van der Waals surface area contributed by atoms with Crippen LogP contribution in [0.2, 0.25) is 0 Å². The molecule has 0 radical (unpaired) electrons. The summed E-state index contributed by atoms with van der Waals surface area (Å²) in [5.41, 5.74) is 2.10. The van der Waals surface area contributed by atoms with Crippen molar-refractivity contribution in [1.29, 1.82) is 0 Å². The monoisotopic (exact) mass is 320 g/mol. The first-order valence-corrected chi connectivity index (χ1v) is 8.01. The van der Waals surface area contributed by atoms with Crippen molar-refractivity contribution in [1.82, 2.24) is 0 Å². The highest BCUT2D eigenvalue weighted by Gasteiger charge is 2.10. The zero-order valence-electron chi connectivity index (χ0n) is 13.4. The summed E-state index contributed by atoms with van der Waals surface area (Å²) in [6, 6.07) is 16.3. The molecule has 0 heterocycles. The second-order valence-electron chi connectivity index (χ2n) is 5.44. The normalized spacial score (nSPS) is 12.1. The number of nitrogens with zero attached hydrogens (tertiary/aromatic N) is 2. The Morgan fingerprint density at radius 3 is 1.25 bits per heavy atom. The van der Waals surface area contributed by atoms with E-state index in [9.17, 15) is 0 Å². The van der Waals surface area contributed by atoms with Crippen LogP contribution in [0, 0.1) is 0 Å². The Balaban J connectivity index is 2.32. The molecule has 0 atom stereocenters. The van der Waals surface area contributed by atoms with E-state index in [0.717, 1.165) is 32.7 Å². The Kier molecular flexibility index (Phi) is 5.31. The Labute approximate surface area is 140 Å². The predicted molar refractivity (Wildman–Crippen MR) is 101 cm³/mol. The molecule has 0 saturated carbocycles. The SMILES string of the molecule is OCC/N=C/c1c2ccccc2c(/C=N/CCO)c2ccccc12. The van der Waals surface area contributed by atoms with Crippen LogP contribution in [0.15, 0.2) is 58.5 Å². The molecule has 3 aromatic carbocycles. The van der Waals surface area contributed by atoms with Gasteiger partial charge in [0.15, 0.2) is 0 Å². The van der Waals surface area contributed by atoms with Crippen molar-refractivity contribution >= 4 is 34.0 Å². The minimum atomic E-state index is 0.0399. The van der Waals surface area contributed by atoms with Gasteiger partial charge in [-0.1, -0.05) is 48.5 Å². The lowest BCUT2D eigenvalue weighted by molar-refractivity contribution is 0.307. The third kappa shape index (κ3) is 3.20. The number of aliphatic imine (C=N–C) groups is 2. The summed E-state index contributed by atoms with van der Waals surface area (Å²) in [5, 5.41) is 22.4. The average Bonchev–Trinajstić information content (AvgIpc) is 2.63. The van der Waals surface area contributed by atoms with E-state index in [1.54, 1.807) is 0 Å². The molecule has 0 aliphatic rings. The third-order valence-corrected chi connectivity index (χ3v) is 3.91. The molecule has 0 aliphatic heterocycles. The first kappa shape index (κ1) is 16.3. The highest BCUT2D eigenvalue weighted by Crippen LogP contribution is 2.31. The topological polar surface area (TPSA) is 65.2 Å². The summed E-state index contributed by atoms with van der Waals surface area (Å²) in [4.78, 5) is 8.65. The van der Waals surface area contributed by atoms with E-state index in [1.165, 1.54) is 0 Å². The molecular formula is C20H20N2O2. The van der Waals surface area contributed by atoms with Crippen molar-refractivity contribution < 1.29 is 10.2 Å². The highest BCUT2D eigenvalue weighted by atomic mass is 16.3. The van der Waals surface area contributed by atoms with E-state index in [2.05, 4.69) is 34.3 Å². The molecule has 0 saturated heterocycles. The van der Waals surface area contributed by atoms with Crippen molar-refractivity contribution in [3.05, 3.63) is 59.7 Å². The van der Waals surface area contributed by atoms with Gasteiger partial charge in [-0.25, -0.2) is 0 Å². The van der Waals surface area contributed by atoms with E-state index in [4.69, 9.17) is 10.2 Å². The highest BCUT2D eigenvalue weighted by molar-refractivity contribution is 6.21. The second kappa shape index (κ2) is 7.81. The zero-order chi connectivity index (χ0) is 16.8. The fourth-order valence-electron chi connectivity index (χ4n) is 2.90. The average molecular weight is 320 g/mol. The zero-order valence-corrected chi connectivity index (χ0v) is 13.4. The quantitative estimate of drug-likeness (QED) is 0.542. The van der Waals surface area contributed by atoms with Gasteiger partial charge in [-0.2, -0.15) is 0 Å². The van der Waals surface area contributed by atoms with Crippen LogP contribution in [-0.4, -0.2) is 48.9 Å². The van der Waals surface area contributed by atoms with Gasteiger partial charge in [-0.05, 0) is 21.5 Å². The van der Waals surface area contributed by atoms with Crippen LogP contribution in [0.1, 0.15) is 11.1 Å². The van der Waals surface area contributed by atoms with Crippen molar-refractivity contribution in [2.75, 3.05) is 26.3 Å². The van der Waals surface area contributed by atoms with Gasteiger partial charge in [0.05, 0.1) is 26.3 Å². The Bertz CT molecular complexity index is 770. The predicted octanol–water partition coefficient (Wildman–Crippen LogP) is 2.82. The number of benzene rings is 3. The molecule has 3 aromatic rings. The number of aliphatic hydroxyl groups is 2. The van der Waals surface area contributed by atoms with Gasteiger partial charge < -0.3 is 10.2 Å². The molecule has 0 unspecified atom stereocenters. The number of hydrogen-bond acceptors (Lipinski definition) is 4. The molecule has 0 amide bonds. The minimum Gasteiger partial charge on any atom is -0.394 e. The van der Waals surface area contributed by atoms with Crippen LogP contribution in [0.4, 0.5) is 0 Å². The van der Waals surface area contributed by atoms with E-state index in [0.29, 0.717) is 13.1 Å². The van der Waals surface area contributed by atoms with Crippen molar-refractivity contribution in [3.8, 4) is 0 Å². The minimum absolute atomic E-state index is 0.0399. The third-order valence-electron chi connectivity index (χ3n) is 3.91. The summed E-state index contributed by atoms with van der Waals surface area (Å²) in [5.74, 6) is 0. The number of rotatable bonds is 6. The van der Waals surface area contributed by atoms with Crippen LogP contribution in [0.5, 0.6) is 0 Å². The van der Waals surface area contributed by atoms with E-state index in [-0.39, 0.29) is 13.2 Å². The number of fused-ring (bicyclic) bond motifs is 2. The van der Waals surface area contributed by atoms with Crippen molar-refractivity contribution in [2.24, 2.45) is 9.98 Å². The van der Waals surface area contributed by atoms with Gasteiger partial charge in [0.25, 0.3) is 0 Å².